The summed E-state index contributed by atoms with van der Waals surface area (Å²) in [6.07, 6.45) is 2.96. The number of aryl methyl sites for hydroxylation is 1. The van der Waals surface area contributed by atoms with Crippen LogP contribution >= 0.6 is 22.7 Å². The molecule has 168 valence electrons. The fraction of sp³-hybridized carbons (Fsp3) is 0.148. The Bertz CT molecular complexity index is 1490. The molecule has 34 heavy (non-hydrogen) atoms. The average molecular weight is 483 g/mol. The van der Waals surface area contributed by atoms with Gasteiger partial charge in [0.25, 0.3) is 5.91 Å². The number of nitrogens with one attached hydrogen (secondary N) is 1. The Hall–Kier alpha value is -3.55. The molecule has 1 aliphatic rings. The van der Waals surface area contributed by atoms with E-state index in [0.29, 0.717) is 21.6 Å². The molecule has 6 rings (SSSR count). The van der Waals surface area contributed by atoms with Crippen molar-refractivity contribution < 1.29 is 4.79 Å². The second-order valence-electron chi connectivity index (χ2n) is 8.50. The van der Waals surface area contributed by atoms with Crippen LogP contribution in [0, 0.1) is 0 Å². The summed E-state index contributed by atoms with van der Waals surface area (Å²) in [5.74, 6) is 0.244. The van der Waals surface area contributed by atoms with Crippen LogP contribution in [0.2, 0.25) is 0 Å². The van der Waals surface area contributed by atoms with Crippen molar-refractivity contribution >= 4 is 49.6 Å². The number of fused-ring (bicyclic) bond motifs is 2. The summed E-state index contributed by atoms with van der Waals surface area (Å²) in [6.45, 7) is 0. The molecule has 0 fully saturated rings. The van der Waals surface area contributed by atoms with E-state index in [1.807, 2.05) is 35.7 Å². The van der Waals surface area contributed by atoms with Gasteiger partial charge in [0.1, 0.15) is 9.71 Å². The van der Waals surface area contributed by atoms with E-state index < -0.39 is 0 Å². The summed E-state index contributed by atoms with van der Waals surface area (Å²) in [4.78, 5) is 23.8. The minimum Gasteiger partial charge on any atom is -0.397 e. The predicted octanol–water partition coefficient (Wildman–Crippen LogP) is 6.53. The molecule has 7 heteroatoms. The maximum Gasteiger partial charge on any atom is 0.269 e. The lowest BCUT2D eigenvalue weighted by Crippen LogP contribution is -2.14. The lowest BCUT2D eigenvalue weighted by Gasteiger charge is -2.24. The summed E-state index contributed by atoms with van der Waals surface area (Å²) in [5.41, 5.74) is 12.5. The summed E-state index contributed by atoms with van der Waals surface area (Å²) < 4.78 is 0. The highest BCUT2D eigenvalue weighted by Crippen LogP contribution is 2.38. The maximum absolute atomic E-state index is 13.1. The Morgan fingerprint density at radius 2 is 1.79 bits per heavy atom. The lowest BCUT2D eigenvalue weighted by molar-refractivity contribution is 0.103. The van der Waals surface area contributed by atoms with Crippen LogP contribution < -0.4 is 11.1 Å². The number of pyridine rings is 1. The van der Waals surface area contributed by atoms with Gasteiger partial charge in [0.2, 0.25) is 0 Å². The van der Waals surface area contributed by atoms with E-state index in [9.17, 15) is 4.79 Å². The normalized spacial score (nSPS) is 15.2. The molecule has 0 bridgehead atoms. The van der Waals surface area contributed by atoms with Crippen molar-refractivity contribution in [2.75, 3.05) is 11.1 Å². The van der Waals surface area contributed by atoms with Crippen LogP contribution in [0.4, 0.5) is 10.8 Å². The van der Waals surface area contributed by atoms with Crippen LogP contribution in [0.25, 0.3) is 21.5 Å². The third-order valence-electron chi connectivity index (χ3n) is 6.36. The van der Waals surface area contributed by atoms with E-state index >= 15 is 0 Å². The van der Waals surface area contributed by atoms with Crippen LogP contribution in [-0.4, -0.2) is 15.9 Å². The number of carbonyl (C=O) groups is 1. The van der Waals surface area contributed by atoms with E-state index in [-0.39, 0.29) is 5.91 Å². The number of thiophene rings is 1. The van der Waals surface area contributed by atoms with E-state index in [0.717, 1.165) is 46.4 Å². The van der Waals surface area contributed by atoms with Crippen LogP contribution in [0.5, 0.6) is 0 Å². The van der Waals surface area contributed by atoms with Crippen molar-refractivity contribution in [3.8, 4) is 11.3 Å². The Kier molecular flexibility index (Phi) is 5.36. The van der Waals surface area contributed by atoms with Crippen molar-refractivity contribution in [1.29, 1.82) is 0 Å². The largest absolute Gasteiger partial charge is 0.397 e. The first kappa shape index (κ1) is 21.0. The van der Waals surface area contributed by atoms with Gasteiger partial charge in [-0.2, -0.15) is 0 Å². The van der Waals surface area contributed by atoms with Crippen molar-refractivity contribution in [3.63, 3.8) is 0 Å². The van der Waals surface area contributed by atoms with Gasteiger partial charge in [-0.05, 0) is 42.4 Å². The van der Waals surface area contributed by atoms with Gasteiger partial charge in [-0.1, -0.05) is 60.7 Å². The first-order chi connectivity index (χ1) is 16.7. The molecule has 0 spiro atoms. The third-order valence-corrected chi connectivity index (χ3v) is 8.23. The molecule has 1 atom stereocenters. The summed E-state index contributed by atoms with van der Waals surface area (Å²) in [7, 11) is 0. The van der Waals surface area contributed by atoms with E-state index in [1.54, 1.807) is 0 Å². The average Bonchev–Trinajstić information content (AvgIpc) is 3.48. The molecule has 1 amide bonds. The molecule has 5 nitrogen and oxygen atoms in total. The maximum atomic E-state index is 13.1. The molecule has 0 radical (unpaired) electrons. The Balaban J connectivity index is 1.26. The summed E-state index contributed by atoms with van der Waals surface area (Å²) in [6, 6.07) is 22.7. The number of rotatable bonds is 4. The second-order valence-corrected chi connectivity index (χ2v) is 10.4. The van der Waals surface area contributed by atoms with Crippen molar-refractivity contribution in [2.45, 2.75) is 25.2 Å². The van der Waals surface area contributed by atoms with E-state index in [4.69, 9.17) is 10.7 Å². The first-order valence-electron chi connectivity index (χ1n) is 11.2. The molecular weight excluding hydrogens is 460 g/mol. The van der Waals surface area contributed by atoms with Gasteiger partial charge >= 0.3 is 0 Å². The van der Waals surface area contributed by atoms with Crippen LogP contribution in [0.1, 0.15) is 38.8 Å². The van der Waals surface area contributed by atoms with Crippen molar-refractivity contribution in [1.82, 2.24) is 9.97 Å². The van der Waals surface area contributed by atoms with Gasteiger partial charge in [-0.15, -0.1) is 22.7 Å². The van der Waals surface area contributed by atoms with Gasteiger partial charge in [0, 0.05) is 22.0 Å². The number of thiazole rings is 1. The van der Waals surface area contributed by atoms with Crippen LogP contribution in [0.3, 0.4) is 0 Å². The third kappa shape index (κ3) is 3.87. The molecule has 1 unspecified atom stereocenters. The van der Waals surface area contributed by atoms with E-state index in [2.05, 4.69) is 46.7 Å². The Labute approximate surface area is 205 Å². The highest BCUT2D eigenvalue weighted by atomic mass is 32.1. The lowest BCUT2D eigenvalue weighted by atomic mass is 9.82. The molecule has 3 N–H and O–H groups in total. The SMILES string of the molecule is Nc1c(C(=O)Nc2nc(-c3ccccc3)cs2)sc2nc3c(cc12)CC(c1ccccc1)CC3. The van der Waals surface area contributed by atoms with Gasteiger partial charge in [0.15, 0.2) is 5.13 Å². The second kappa shape index (κ2) is 8.66. The number of nitrogens with zero attached hydrogens (tertiary/aromatic N) is 2. The smallest absolute Gasteiger partial charge is 0.269 e. The number of carbonyl (C=O) groups excluding carboxylic acids is 1. The summed E-state index contributed by atoms with van der Waals surface area (Å²) >= 11 is 2.76. The molecule has 3 heterocycles. The number of nitrogen functional groups attached to an aromatic ring is 1. The van der Waals surface area contributed by atoms with E-state index in [1.165, 1.54) is 33.8 Å². The number of benzene rings is 2. The molecule has 2 aromatic carbocycles. The monoisotopic (exact) mass is 482 g/mol. The number of aromatic nitrogens is 2. The molecular formula is C27H22N4OS2. The van der Waals surface area contributed by atoms with Gasteiger partial charge in [-0.3, -0.25) is 10.1 Å². The molecule has 3 aromatic heterocycles. The Morgan fingerprint density at radius 1 is 1.03 bits per heavy atom. The number of amides is 1. The Morgan fingerprint density at radius 3 is 2.59 bits per heavy atom. The molecule has 0 aliphatic heterocycles. The number of hydrogen-bond donors (Lipinski definition) is 2. The zero-order chi connectivity index (χ0) is 23.1. The quantitative estimate of drug-likeness (QED) is 0.305. The fourth-order valence-corrected chi connectivity index (χ4v) is 6.30. The minimum atomic E-state index is -0.241. The van der Waals surface area contributed by atoms with Gasteiger partial charge < -0.3 is 5.73 Å². The minimum absolute atomic E-state index is 0.241. The highest BCUT2D eigenvalue weighted by Gasteiger charge is 2.25. The van der Waals surface area contributed by atoms with Crippen molar-refractivity contribution in [2.24, 2.45) is 0 Å². The summed E-state index contributed by atoms with van der Waals surface area (Å²) in [5, 5.41) is 6.28. The number of anilines is 2. The predicted molar refractivity (Wildman–Crippen MR) is 141 cm³/mol. The van der Waals surface area contributed by atoms with Crippen LogP contribution in [-0.2, 0) is 12.8 Å². The van der Waals surface area contributed by atoms with Gasteiger partial charge in [0.05, 0.1) is 11.4 Å². The zero-order valence-corrected chi connectivity index (χ0v) is 20.0. The zero-order valence-electron chi connectivity index (χ0n) is 18.3. The molecule has 0 saturated heterocycles. The topological polar surface area (TPSA) is 80.9 Å². The molecule has 1 aliphatic carbocycles. The highest BCUT2D eigenvalue weighted by molar-refractivity contribution is 7.21. The first-order valence-corrected chi connectivity index (χ1v) is 12.9. The van der Waals surface area contributed by atoms with Crippen LogP contribution in [0.15, 0.2) is 72.1 Å². The van der Waals surface area contributed by atoms with Crippen molar-refractivity contribution in [3.05, 3.63) is 93.8 Å². The standard InChI is InChI=1S/C27H22N4OS2/c28-23-20-14-19-13-18(16-7-3-1-4-8-16)11-12-21(19)29-26(20)34-24(23)25(32)31-27-30-22(15-33-27)17-9-5-2-6-10-17/h1-10,14-15,18H,11-13,28H2,(H,30,31,32). The number of hydrogen-bond acceptors (Lipinski definition) is 6. The number of nitrogens with two attached hydrogens (primary N) is 1. The molecule has 5 aromatic rings. The fourth-order valence-electron chi connectivity index (χ4n) is 4.60. The molecule has 0 saturated carbocycles. The van der Waals surface area contributed by atoms with Gasteiger partial charge in [-0.25, -0.2) is 9.97 Å².